The second-order valence-corrected chi connectivity index (χ2v) is 6.93. The predicted octanol–water partition coefficient (Wildman–Crippen LogP) is 5.15. The number of rotatable bonds is 6. The van der Waals surface area contributed by atoms with Crippen LogP contribution in [-0.2, 0) is 6.54 Å². The molecule has 4 aromatic rings. The summed E-state index contributed by atoms with van der Waals surface area (Å²) in [5.41, 5.74) is 3.40. The Bertz CT molecular complexity index is 1210. The van der Waals surface area contributed by atoms with E-state index in [2.05, 4.69) is 5.32 Å². The third kappa shape index (κ3) is 3.70. The molecule has 3 aromatic carbocycles. The van der Waals surface area contributed by atoms with Gasteiger partial charge in [-0.1, -0.05) is 30.3 Å². The second kappa shape index (κ2) is 8.25. The molecule has 5 nitrogen and oxygen atoms in total. The minimum atomic E-state index is -0.200. The Morgan fingerprint density at radius 2 is 1.60 bits per heavy atom. The topological polar surface area (TPSA) is 60.3 Å². The lowest BCUT2D eigenvalue weighted by Crippen LogP contribution is -2.16. The highest BCUT2D eigenvalue weighted by Crippen LogP contribution is 2.25. The van der Waals surface area contributed by atoms with E-state index in [-0.39, 0.29) is 11.7 Å². The fraction of sp³-hybridized carbons (Fsp3) is 0.120. The van der Waals surface area contributed by atoms with Crippen LogP contribution in [0.15, 0.2) is 78.9 Å². The van der Waals surface area contributed by atoms with Gasteiger partial charge < -0.3 is 14.6 Å². The summed E-state index contributed by atoms with van der Waals surface area (Å²) in [6.07, 6.45) is 0. The molecule has 0 saturated heterocycles. The molecule has 150 valence electrons. The number of methoxy groups -OCH3 is 1. The number of aryl methyl sites for hydroxylation is 1. The fourth-order valence-electron chi connectivity index (χ4n) is 3.56. The number of ketones is 1. The molecule has 4 rings (SSSR count). The molecule has 0 aliphatic rings. The zero-order valence-corrected chi connectivity index (χ0v) is 16.9. The zero-order chi connectivity index (χ0) is 21.1. The number of nitrogens with one attached hydrogen (secondary N) is 1. The average Bonchev–Trinajstić information content (AvgIpc) is 3.17. The molecule has 0 atom stereocenters. The van der Waals surface area contributed by atoms with Crippen LogP contribution in [0.1, 0.15) is 33.3 Å². The Labute approximate surface area is 174 Å². The van der Waals surface area contributed by atoms with Gasteiger partial charge in [0.2, 0.25) is 0 Å². The van der Waals surface area contributed by atoms with Crippen molar-refractivity contribution in [1.82, 2.24) is 4.57 Å². The maximum Gasteiger partial charge on any atom is 0.272 e. The van der Waals surface area contributed by atoms with Crippen LogP contribution in [-0.4, -0.2) is 23.4 Å². The van der Waals surface area contributed by atoms with E-state index in [1.807, 2.05) is 54.0 Å². The second-order valence-electron chi connectivity index (χ2n) is 6.93. The van der Waals surface area contributed by atoms with E-state index in [1.54, 1.807) is 43.5 Å². The van der Waals surface area contributed by atoms with Crippen molar-refractivity contribution in [2.75, 3.05) is 12.4 Å². The molecule has 0 bridgehead atoms. The first kappa shape index (κ1) is 19.5. The van der Waals surface area contributed by atoms with Gasteiger partial charge in [0.05, 0.1) is 7.11 Å². The van der Waals surface area contributed by atoms with Gasteiger partial charge in [-0.25, -0.2) is 0 Å². The summed E-state index contributed by atoms with van der Waals surface area (Å²) in [5.74, 6) is 0.504. The monoisotopic (exact) mass is 398 g/mol. The quantitative estimate of drug-likeness (QED) is 0.457. The van der Waals surface area contributed by atoms with Crippen molar-refractivity contribution < 1.29 is 14.3 Å². The molecule has 0 saturated carbocycles. The Hall–Kier alpha value is -3.86. The fourth-order valence-corrected chi connectivity index (χ4v) is 3.56. The highest BCUT2D eigenvalue weighted by molar-refractivity contribution is 6.10. The van der Waals surface area contributed by atoms with E-state index in [0.29, 0.717) is 29.1 Å². The van der Waals surface area contributed by atoms with Gasteiger partial charge in [-0.2, -0.15) is 0 Å². The van der Waals surface area contributed by atoms with Crippen molar-refractivity contribution in [2.45, 2.75) is 13.5 Å². The normalized spacial score (nSPS) is 10.7. The van der Waals surface area contributed by atoms with E-state index in [9.17, 15) is 9.59 Å². The summed E-state index contributed by atoms with van der Waals surface area (Å²) in [7, 11) is 1.62. The molecule has 1 N–H and O–H groups in total. The molecule has 0 aliphatic heterocycles. The molecule has 0 unspecified atom stereocenters. The molecule has 0 spiro atoms. The summed E-state index contributed by atoms with van der Waals surface area (Å²) in [5, 5.41) is 3.88. The van der Waals surface area contributed by atoms with Crippen molar-refractivity contribution >= 4 is 28.3 Å². The molecule has 30 heavy (non-hydrogen) atoms. The Balaban J connectivity index is 1.56. The van der Waals surface area contributed by atoms with Gasteiger partial charge in [-0.05, 0) is 55.5 Å². The Kier molecular flexibility index (Phi) is 5.35. The van der Waals surface area contributed by atoms with Crippen molar-refractivity contribution in [3.05, 3.63) is 95.7 Å². The summed E-state index contributed by atoms with van der Waals surface area (Å²) in [6, 6.07) is 23.7. The van der Waals surface area contributed by atoms with Gasteiger partial charge in [0, 0.05) is 34.3 Å². The number of hydrogen-bond donors (Lipinski definition) is 1. The van der Waals surface area contributed by atoms with E-state index in [0.717, 1.165) is 16.7 Å². The smallest absolute Gasteiger partial charge is 0.272 e. The molecule has 0 aliphatic carbocycles. The standard InChI is InChI=1S/C25H22N2O3/c1-3-27-22-14-13-21(30-2)15-19(22)16-23(27)25(29)26-20-11-9-18(10-12-20)24(28)17-7-5-4-6-8-17/h4-16H,3H2,1-2H3,(H,26,29). The Morgan fingerprint density at radius 3 is 2.27 bits per heavy atom. The number of benzene rings is 3. The minimum Gasteiger partial charge on any atom is -0.497 e. The first-order valence-corrected chi connectivity index (χ1v) is 9.79. The number of fused-ring (bicyclic) bond motifs is 1. The van der Waals surface area contributed by atoms with E-state index in [4.69, 9.17) is 4.74 Å². The maximum atomic E-state index is 12.9. The SMILES string of the molecule is CCn1c(C(=O)Nc2ccc(C(=O)c3ccccc3)cc2)cc2cc(OC)ccc21. The van der Waals surface area contributed by atoms with Crippen LogP contribution in [0.25, 0.3) is 10.9 Å². The number of hydrogen-bond acceptors (Lipinski definition) is 3. The number of amides is 1. The van der Waals surface area contributed by atoms with Crippen molar-refractivity contribution in [3.63, 3.8) is 0 Å². The van der Waals surface area contributed by atoms with Crippen molar-refractivity contribution in [1.29, 1.82) is 0 Å². The first-order chi connectivity index (χ1) is 14.6. The number of anilines is 1. The van der Waals surface area contributed by atoms with Crippen LogP contribution in [0.3, 0.4) is 0 Å². The first-order valence-electron chi connectivity index (χ1n) is 9.79. The molecule has 5 heteroatoms. The van der Waals surface area contributed by atoms with Crippen LogP contribution in [0.2, 0.25) is 0 Å². The lowest BCUT2D eigenvalue weighted by Gasteiger charge is -2.09. The van der Waals surface area contributed by atoms with Crippen LogP contribution >= 0.6 is 0 Å². The van der Waals surface area contributed by atoms with Crippen LogP contribution in [0.4, 0.5) is 5.69 Å². The van der Waals surface area contributed by atoms with Gasteiger partial charge in [-0.3, -0.25) is 9.59 Å². The predicted molar refractivity (Wildman–Crippen MR) is 118 cm³/mol. The number of nitrogens with zero attached hydrogens (tertiary/aromatic N) is 1. The molecular weight excluding hydrogens is 376 g/mol. The lowest BCUT2D eigenvalue weighted by molar-refractivity contribution is 0.101. The third-order valence-corrected chi connectivity index (χ3v) is 5.10. The summed E-state index contributed by atoms with van der Waals surface area (Å²) < 4.78 is 7.26. The highest BCUT2D eigenvalue weighted by atomic mass is 16.5. The number of aromatic nitrogens is 1. The third-order valence-electron chi connectivity index (χ3n) is 5.10. The summed E-state index contributed by atoms with van der Waals surface area (Å²) >= 11 is 0. The molecule has 0 radical (unpaired) electrons. The molecule has 1 amide bonds. The number of ether oxygens (including phenoxy) is 1. The van der Waals surface area contributed by atoms with Gasteiger partial charge >= 0.3 is 0 Å². The Morgan fingerprint density at radius 1 is 0.900 bits per heavy atom. The molecule has 1 heterocycles. The van der Waals surface area contributed by atoms with E-state index in [1.165, 1.54) is 0 Å². The molecule has 0 fully saturated rings. The van der Waals surface area contributed by atoms with Gasteiger partial charge in [0.15, 0.2) is 5.78 Å². The zero-order valence-electron chi connectivity index (χ0n) is 16.9. The van der Waals surface area contributed by atoms with Crippen LogP contribution in [0, 0.1) is 0 Å². The van der Waals surface area contributed by atoms with E-state index < -0.39 is 0 Å². The molecular formula is C25H22N2O3. The van der Waals surface area contributed by atoms with E-state index >= 15 is 0 Å². The number of carbonyl (C=O) groups excluding carboxylic acids is 2. The van der Waals surface area contributed by atoms with Crippen LogP contribution in [0.5, 0.6) is 5.75 Å². The molecule has 1 aromatic heterocycles. The minimum absolute atomic E-state index is 0.0477. The lowest BCUT2D eigenvalue weighted by atomic mass is 10.0. The van der Waals surface area contributed by atoms with Gasteiger partial charge in [-0.15, -0.1) is 0 Å². The largest absolute Gasteiger partial charge is 0.497 e. The highest BCUT2D eigenvalue weighted by Gasteiger charge is 2.16. The van der Waals surface area contributed by atoms with Gasteiger partial charge in [0.25, 0.3) is 5.91 Å². The average molecular weight is 398 g/mol. The summed E-state index contributed by atoms with van der Waals surface area (Å²) in [6.45, 7) is 2.67. The van der Waals surface area contributed by atoms with Crippen molar-refractivity contribution in [2.24, 2.45) is 0 Å². The van der Waals surface area contributed by atoms with Gasteiger partial charge in [0.1, 0.15) is 11.4 Å². The van der Waals surface area contributed by atoms with Crippen molar-refractivity contribution in [3.8, 4) is 5.75 Å². The summed E-state index contributed by atoms with van der Waals surface area (Å²) in [4.78, 5) is 25.5. The van der Waals surface area contributed by atoms with Crippen LogP contribution < -0.4 is 10.1 Å². The maximum absolute atomic E-state index is 12.9. The number of carbonyl (C=O) groups is 2.